The summed E-state index contributed by atoms with van der Waals surface area (Å²) in [7, 11) is 0. The number of hydrogen-bond donors (Lipinski definition) is 1. The highest BCUT2D eigenvalue weighted by Crippen LogP contribution is 2.30. The zero-order valence-corrected chi connectivity index (χ0v) is 10.2. The first kappa shape index (κ1) is 12.3. The van der Waals surface area contributed by atoms with Gasteiger partial charge in [-0.2, -0.15) is 5.26 Å². The van der Waals surface area contributed by atoms with Crippen LogP contribution in [0.2, 0.25) is 0 Å². The van der Waals surface area contributed by atoms with E-state index in [9.17, 15) is 14.4 Å². The molecule has 0 aliphatic carbocycles. The second-order valence-corrected chi connectivity index (χ2v) is 4.37. The van der Waals surface area contributed by atoms with E-state index in [1.54, 1.807) is 24.3 Å². The highest BCUT2D eigenvalue weighted by molar-refractivity contribution is 6.27. The number of carbonyl (C=O) groups excluding carboxylic acids is 3. The van der Waals surface area contributed by atoms with E-state index in [1.165, 1.54) is 0 Å². The summed E-state index contributed by atoms with van der Waals surface area (Å²) in [6, 6.07) is 10.5. The molecule has 6 heteroatoms. The fourth-order valence-corrected chi connectivity index (χ4v) is 2.35. The Morgan fingerprint density at radius 2 is 1.85 bits per heavy atom. The smallest absolute Gasteiger partial charge is 0.299 e. The topological polar surface area (TPSA) is 83.9 Å². The lowest BCUT2D eigenvalue weighted by atomic mass is 10.0. The number of nitrogens with zero attached hydrogens (tertiary/aromatic N) is 1. The van der Waals surface area contributed by atoms with Gasteiger partial charge in [0.25, 0.3) is 11.8 Å². The Kier molecular flexibility index (Phi) is 2.73. The second-order valence-electron chi connectivity index (χ2n) is 4.37. The number of fused-ring (bicyclic) bond motifs is 3. The van der Waals surface area contributed by atoms with E-state index in [2.05, 4.69) is 4.89 Å². The molecule has 1 aliphatic rings. The predicted molar refractivity (Wildman–Crippen MR) is 68.0 cm³/mol. The Morgan fingerprint density at radius 3 is 2.60 bits per heavy atom. The van der Waals surface area contributed by atoms with Gasteiger partial charge in [0.15, 0.2) is 0 Å². The molecular weight excluding hydrogens is 262 g/mol. The lowest BCUT2D eigenvalue weighted by molar-refractivity contribution is -0.234. The Balaban J connectivity index is 2.13. The summed E-state index contributed by atoms with van der Waals surface area (Å²) in [6.45, 7) is -0.614. The number of imide groups is 1. The van der Waals surface area contributed by atoms with Crippen LogP contribution in [0.25, 0.3) is 10.8 Å². The molecule has 0 unspecified atom stereocenters. The minimum atomic E-state index is -1.07. The van der Waals surface area contributed by atoms with E-state index >= 15 is 0 Å². The average molecular weight is 271 g/mol. The largest absolute Gasteiger partial charge is 0.361 e. The van der Waals surface area contributed by atoms with Crippen LogP contribution in [0.4, 0.5) is 0 Å². The van der Waals surface area contributed by atoms with Crippen molar-refractivity contribution in [3.05, 3.63) is 47.5 Å². The highest BCUT2D eigenvalue weighted by Gasteiger charge is 2.38. The van der Waals surface area contributed by atoms with E-state index in [1.807, 2.05) is 12.1 Å². The lowest BCUT2D eigenvalue weighted by Crippen LogP contribution is -2.35. The van der Waals surface area contributed by atoms with Gasteiger partial charge < -0.3 is 0 Å². The van der Waals surface area contributed by atoms with Crippen molar-refractivity contribution in [1.82, 2.24) is 4.90 Å². The quantitative estimate of drug-likeness (QED) is 0.507. The summed E-state index contributed by atoms with van der Waals surface area (Å²) in [5.74, 6) is -2.20. The normalized spacial score (nSPS) is 13.8. The molecule has 0 spiro atoms. The van der Waals surface area contributed by atoms with Crippen LogP contribution in [0.1, 0.15) is 20.7 Å². The second kappa shape index (κ2) is 4.43. The van der Waals surface area contributed by atoms with Gasteiger partial charge in [-0.15, -0.1) is 0 Å². The van der Waals surface area contributed by atoms with Crippen molar-refractivity contribution >= 4 is 28.6 Å². The summed E-state index contributed by atoms with van der Waals surface area (Å²) < 4.78 is 0. The third-order valence-electron chi connectivity index (χ3n) is 3.25. The summed E-state index contributed by atoms with van der Waals surface area (Å²) in [4.78, 5) is 39.7. The van der Waals surface area contributed by atoms with Crippen molar-refractivity contribution in [2.45, 2.75) is 0 Å². The Hall–Kier alpha value is -2.73. The molecule has 3 rings (SSSR count). The van der Waals surface area contributed by atoms with E-state index in [0.29, 0.717) is 5.39 Å². The van der Waals surface area contributed by atoms with Gasteiger partial charge >= 0.3 is 5.97 Å². The molecule has 2 aromatic carbocycles. The van der Waals surface area contributed by atoms with Crippen LogP contribution in [0.15, 0.2) is 36.4 Å². The molecular formula is C14H9NO5. The van der Waals surface area contributed by atoms with Crippen LogP contribution in [0, 0.1) is 0 Å². The molecule has 0 bridgehead atoms. The van der Waals surface area contributed by atoms with Crippen LogP contribution in [0.5, 0.6) is 0 Å². The standard InChI is InChI=1S/C14H9NO5/c16-11(20-19)7-15-13(17)10-6-5-8-3-1-2-4-9(8)12(10)14(15)18/h1-6,19H,7H2. The first-order chi connectivity index (χ1) is 9.63. The van der Waals surface area contributed by atoms with E-state index in [-0.39, 0.29) is 11.1 Å². The van der Waals surface area contributed by atoms with Gasteiger partial charge in [0.05, 0.1) is 11.1 Å². The van der Waals surface area contributed by atoms with E-state index in [0.717, 1.165) is 10.3 Å². The molecule has 0 fully saturated rings. The maximum atomic E-state index is 12.3. The molecule has 1 heterocycles. The van der Waals surface area contributed by atoms with E-state index < -0.39 is 24.3 Å². The van der Waals surface area contributed by atoms with Gasteiger partial charge in [-0.3, -0.25) is 19.4 Å². The number of carbonyl (C=O) groups is 3. The molecule has 0 saturated heterocycles. The fourth-order valence-electron chi connectivity index (χ4n) is 2.35. The molecule has 2 amide bonds. The summed E-state index contributed by atoms with van der Waals surface area (Å²) in [5.41, 5.74) is 0.526. The third kappa shape index (κ3) is 1.66. The summed E-state index contributed by atoms with van der Waals surface area (Å²) >= 11 is 0. The zero-order valence-electron chi connectivity index (χ0n) is 10.2. The third-order valence-corrected chi connectivity index (χ3v) is 3.25. The molecule has 100 valence electrons. The van der Waals surface area contributed by atoms with Crippen LogP contribution in [0.3, 0.4) is 0 Å². The van der Waals surface area contributed by atoms with Crippen LogP contribution < -0.4 is 0 Å². The average Bonchev–Trinajstić information content (AvgIpc) is 2.72. The van der Waals surface area contributed by atoms with Crippen molar-refractivity contribution in [2.24, 2.45) is 0 Å². The van der Waals surface area contributed by atoms with Crippen molar-refractivity contribution in [2.75, 3.05) is 6.54 Å². The minimum absolute atomic E-state index is 0.249. The molecule has 0 aromatic heterocycles. The zero-order chi connectivity index (χ0) is 14.3. The molecule has 2 aromatic rings. The molecule has 20 heavy (non-hydrogen) atoms. The van der Waals surface area contributed by atoms with Crippen molar-refractivity contribution in [3.63, 3.8) is 0 Å². The molecule has 0 saturated carbocycles. The fraction of sp³-hybridized carbons (Fsp3) is 0.0714. The van der Waals surface area contributed by atoms with Gasteiger partial charge in [-0.25, -0.2) is 4.79 Å². The highest BCUT2D eigenvalue weighted by atomic mass is 17.1. The van der Waals surface area contributed by atoms with Gasteiger partial charge in [-0.1, -0.05) is 30.3 Å². The summed E-state index contributed by atoms with van der Waals surface area (Å²) in [5, 5.41) is 9.75. The predicted octanol–water partition coefficient (Wildman–Crippen LogP) is 1.45. The van der Waals surface area contributed by atoms with Crippen molar-refractivity contribution in [1.29, 1.82) is 0 Å². The number of hydrogen-bond acceptors (Lipinski definition) is 5. The van der Waals surface area contributed by atoms with Gasteiger partial charge in [0, 0.05) is 0 Å². The molecule has 6 nitrogen and oxygen atoms in total. The molecule has 1 aliphatic heterocycles. The van der Waals surface area contributed by atoms with Gasteiger partial charge in [-0.05, 0) is 16.8 Å². The van der Waals surface area contributed by atoms with Gasteiger partial charge in [0.1, 0.15) is 6.54 Å². The first-order valence-corrected chi connectivity index (χ1v) is 5.85. The van der Waals surface area contributed by atoms with E-state index in [4.69, 9.17) is 5.26 Å². The number of benzene rings is 2. The monoisotopic (exact) mass is 271 g/mol. The molecule has 0 atom stereocenters. The Labute approximate surface area is 113 Å². The lowest BCUT2D eigenvalue weighted by Gasteiger charge is -2.10. The van der Waals surface area contributed by atoms with Crippen LogP contribution >= 0.6 is 0 Å². The summed E-state index contributed by atoms with van der Waals surface area (Å²) in [6.07, 6.45) is 0. The number of rotatable bonds is 2. The Morgan fingerprint density at radius 1 is 1.10 bits per heavy atom. The van der Waals surface area contributed by atoms with Crippen LogP contribution in [-0.2, 0) is 9.68 Å². The number of amides is 2. The van der Waals surface area contributed by atoms with Crippen molar-refractivity contribution in [3.8, 4) is 0 Å². The maximum absolute atomic E-state index is 12.3. The minimum Gasteiger partial charge on any atom is -0.299 e. The molecule has 1 N–H and O–H groups in total. The first-order valence-electron chi connectivity index (χ1n) is 5.85. The van der Waals surface area contributed by atoms with Crippen molar-refractivity contribution < 1.29 is 24.5 Å². The van der Waals surface area contributed by atoms with Crippen LogP contribution in [-0.4, -0.2) is 34.5 Å². The maximum Gasteiger partial charge on any atom is 0.361 e. The molecule has 0 radical (unpaired) electrons. The Bertz CT molecular complexity index is 752. The van der Waals surface area contributed by atoms with Gasteiger partial charge in [0.2, 0.25) is 0 Å². The SMILES string of the molecule is O=C(CN1C(=O)c2ccc3ccccc3c2C1=O)OO.